The van der Waals surface area contributed by atoms with Crippen LogP contribution in [0.4, 0.5) is 18.9 Å². The molecule has 0 spiro atoms. The second-order valence-corrected chi connectivity index (χ2v) is 9.42. The highest BCUT2D eigenvalue weighted by Crippen LogP contribution is 2.35. The number of amides is 1. The molecule has 12 heteroatoms. The Morgan fingerprint density at radius 2 is 1.62 bits per heavy atom. The molecule has 0 aliphatic carbocycles. The molecule has 0 saturated carbocycles. The lowest BCUT2D eigenvalue weighted by Gasteiger charge is -2.24. The highest BCUT2D eigenvalue weighted by molar-refractivity contribution is 7.92. The van der Waals surface area contributed by atoms with Crippen LogP contribution in [0.25, 0.3) is 0 Å². The molecule has 3 aromatic rings. The topological polar surface area (TPSA) is 78.8 Å². The molecule has 1 N–H and O–H groups in total. The first kappa shape index (κ1) is 25.5. The second-order valence-electron chi connectivity index (χ2n) is 6.78. The summed E-state index contributed by atoms with van der Waals surface area (Å²) in [5, 5.41) is 3.52. The Labute approximate surface area is 203 Å². The van der Waals surface area contributed by atoms with Gasteiger partial charge in [0.25, 0.3) is 15.9 Å². The van der Waals surface area contributed by atoms with Crippen molar-refractivity contribution in [1.29, 1.82) is 0 Å². The van der Waals surface area contributed by atoms with Crippen LogP contribution in [0.2, 0.25) is 10.0 Å². The molecule has 3 rings (SSSR count). The first-order valence-corrected chi connectivity index (χ1v) is 11.7. The normalized spacial score (nSPS) is 12.0. The van der Waals surface area contributed by atoms with E-state index in [-0.39, 0.29) is 26.2 Å². The lowest BCUT2D eigenvalue weighted by molar-refractivity contribution is -0.137. The van der Waals surface area contributed by atoms with Gasteiger partial charge in [0.2, 0.25) is 0 Å². The molecular weight excluding hydrogens is 514 g/mol. The van der Waals surface area contributed by atoms with E-state index in [1.165, 1.54) is 60.7 Å². The Kier molecular flexibility index (Phi) is 7.86. The van der Waals surface area contributed by atoms with E-state index < -0.39 is 34.2 Å². The SMILES string of the molecule is O=C(CN(c1cccc(Cl)c1Cl)S(=O)(=O)c1ccccc1)N/N=C/c1ccccc1C(F)(F)F. The number of sulfonamides is 1. The zero-order valence-corrected chi connectivity index (χ0v) is 19.5. The third-order valence-electron chi connectivity index (χ3n) is 4.48. The minimum Gasteiger partial charge on any atom is -0.271 e. The summed E-state index contributed by atoms with van der Waals surface area (Å²) in [5.74, 6) is -0.920. The number of benzene rings is 3. The third kappa shape index (κ3) is 5.88. The molecule has 0 saturated heterocycles. The maximum Gasteiger partial charge on any atom is 0.417 e. The number of hydrazone groups is 1. The largest absolute Gasteiger partial charge is 0.417 e. The molecule has 0 heterocycles. The van der Waals surface area contributed by atoms with Gasteiger partial charge >= 0.3 is 6.18 Å². The maximum atomic E-state index is 13.3. The van der Waals surface area contributed by atoms with Crippen LogP contribution in [-0.2, 0) is 21.0 Å². The van der Waals surface area contributed by atoms with Gasteiger partial charge in [-0.25, -0.2) is 13.8 Å². The molecule has 0 aliphatic rings. The number of carbonyl (C=O) groups excluding carboxylic acids is 1. The smallest absolute Gasteiger partial charge is 0.271 e. The molecule has 0 radical (unpaired) electrons. The van der Waals surface area contributed by atoms with Crippen molar-refractivity contribution in [2.45, 2.75) is 11.1 Å². The van der Waals surface area contributed by atoms with Crippen molar-refractivity contribution >= 4 is 51.0 Å². The Bertz CT molecular complexity index is 1320. The van der Waals surface area contributed by atoms with Crippen molar-refractivity contribution in [1.82, 2.24) is 5.43 Å². The van der Waals surface area contributed by atoms with E-state index >= 15 is 0 Å². The average molecular weight is 530 g/mol. The van der Waals surface area contributed by atoms with Crippen LogP contribution in [-0.4, -0.2) is 27.1 Å². The number of carbonyl (C=O) groups is 1. The van der Waals surface area contributed by atoms with E-state index in [1.807, 2.05) is 5.43 Å². The lowest BCUT2D eigenvalue weighted by Crippen LogP contribution is -2.39. The maximum absolute atomic E-state index is 13.3. The van der Waals surface area contributed by atoms with Crippen molar-refractivity contribution in [3.8, 4) is 0 Å². The minimum absolute atomic E-state index is 0.0560. The van der Waals surface area contributed by atoms with Gasteiger partial charge in [0, 0.05) is 5.56 Å². The molecule has 0 atom stereocenters. The second kappa shape index (κ2) is 10.5. The predicted molar refractivity (Wildman–Crippen MR) is 125 cm³/mol. The summed E-state index contributed by atoms with van der Waals surface area (Å²) in [7, 11) is -4.26. The monoisotopic (exact) mass is 529 g/mol. The fraction of sp³-hybridized carbons (Fsp3) is 0.0909. The van der Waals surface area contributed by atoms with E-state index in [0.29, 0.717) is 0 Å². The van der Waals surface area contributed by atoms with E-state index in [9.17, 15) is 26.4 Å². The summed E-state index contributed by atoms with van der Waals surface area (Å²) in [4.78, 5) is 12.4. The van der Waals surface area contributed by atoms with Crippen molar-refractivity contribution in [2.24, 2.45) is 5.10 Å². The van der Waals surface area contributed by atoms with Crippen LogP contribution >= 0.6 is 23.2 Å². The van der Waals surface area contributed by atoms with Gasteiger partial charge in [-0.3, -0.25) is 9.10 Å². The number of halogens is 5. The van der Waals surface area contributed by atoms with E-state index in [4.69, 9.17) is 23.2 Å². The van der Waals surface area contributed by atoms with Crippen molar-refractivity contribution < 1.29 is 26.4 Å². The van der Waals surface area contributed by atoms with Crippen molar-refractivity contribution in [2.75, 3.05) is 10.8 Å². The highest BCUT2D eigenvalue weighted by atomic mass is 35.5. The quantitative estimate of drug-likeness (QED) is 0.330. The standard InChI is InChI=1S/C22H16Cl2F3N3O3S/c23-18-11-6-12-19(21(18)24)30(34(32,33)16-8-2-1-3-9-16)14-20(31)29-28-13-15-7-4-5-10-17(15)22(25,26)27/h1-13H,14H2,(H,29,31)/b28-13+. The van der Waals surface area contributed by atoms with Gasteiger partial charge in [-0.2, -0.15) is 18.3 Å². The first-order chi connectivity index (χ1) is 16.0. The molecular formula is C22H16Cl2F3N3O3S. The molecule has 0 bridgehead atoms. The number of nitrogens with one attached hydrogen (secondary N) is 1. The number of hydrogen-bond acceptors (Lipinski definition) is 4. The van der Waals surface area contributed by atoms with Crippen LogP contribution in [0.15, 0.2) is 82.8 Å². The summed E-state index contributed by atoms with van der Waals surface area (Å²) in [6, 6.07) is 16.2. The number of alkyl halides is 3. The number of anilines is 1. The molecule has 34 heavy (non-hydrogen) atoms. The molecule has 6 nitrogen and oxygen atoms in total. The number of rotatable bonds is 7. The summed E-state index contributed by atoms with van der Waals surface area (Å²) in [6.45, 7) is -0.768. The molecule has 0 aliphatic heterocycles. The van der Waals surface area contributed by atoms with Crippen molar-refractivity contribution in [3.05, 3.63) is 94.0 Å². The fourth-order valence-electron chi connectivity index (χ4n) is 2.91. The Balaban J connectivity index is 1.89. The summed E-state index contributed by atoms with van der Waals surface area (Å²) in [5.41, 5.74) is 0.779. The Morgan fingerprint density at radius 1 is 0.971 bits per heavy atom. The average Bonchev–Trinajstić information content (AvgIpc) is 2.80. The van der Waals surface area contributed by atoms with Crippen LogP contribution < -0.4 is 9.73 Å². The van der Waals surface area contributed by atoms with Crippen molar-refractivity contribution in [3.63, 3.8) is 0 Å². The van der Waals surface area contributed by atoms with E-state index in [1.54, 1.807) is 6.07 Å². The van der Waals surface area contributed by atoms with Gasteiger partial charge < -0.3 is 0 Å². The van der Waals surface area contributed by atoms with E-state index in [0.717, 1.165) is 16.6 Å². The van der Waals surface area contributed by atoms with Gasteiger partial charge in [-0.1, -0.05) is 65.7 Å². The Morgan fingerprint density at radius 3 is 2.29 bits per heavy atom. The molecule has 178 valence electrons. The lowest BCUT2D eigenvalue weighted by atomic mass is 10.1. The predicted octanol–water partition coefficient (Wildman–Crippen LogP) is 5.36. The minimum atomic E-state index is -4.61. The summed E-state index contributed by atoms with van der Waals surface area (Å²) < 4.78 is 66.6. The molecule has 0 unspecified atom stereocenters. The van der Waals surface area contributed by atoms with Gasteiger partial charge in [0.15, 0.2) is 0 Å². The van der Waals surface area contributed by atoms with Crippen LogP contribution in [0.3, 0.4) is 0 Å². The van der Waals surface area contributed by atoms with E-state index in [2.05, 4.69) is 5.10 Å². The van der Waals surface area contributed by atoms with Crippen LogP contribution in [0, 0.1) is 0 Å². The van der Waals surface area contributed by atoms with Gasteiger partial charge in [-0.05, 0) is 30.3 Å². The van der Waals surface area contributed by atoms with Crippen LogP contribution in [0.5, 0.6) is 0 Å². The summed E-state index contributed by atoms with van der Waals surface area (Å²) >= 11 is 12.2. The molecule has 0 aromatic heterocycles. The van der Waals surface area contributed by atoms with Crippen LogP contribution in [0.1, 0.15) is 11.1 Å². The van der Waals surface area contributed by atoms with Gasteiger partial charge in [-0.15, -0.1) is 0 Å². The zero-order chi connectivity index (χ0) is 24.9. The molecule has 1 amide bonds. The molecule has 3 aromatic carbocycles. The summed E-state index contributed by atoms with van der Waals surface area (Å²) in [6.07, 6.45) is -3.79. The third-order valence-corrected chi connectivity index (χ3v) is 7.06. The van der Waals surface area contributed by atoms with Gasteiger partial charge in [0.05, 0.1) is 32.4 Å². The number of nitrogens with zero attached hydrogens (tertiary/aromatic N) is 2. The fourth-order valence-corrected chi connectivity index (χ4v) is 4.81. The van der Waals surface area contributed by atoms with Gasteiger partial charge in [0.1, 0.15) is 6.54 Å². The molecule has 0 fully saturated rings. The number of hydrogen-bond donors (Lipinski definition) is 1. The zero-order valence-electron chi connectivity index (χ0n) is 17.1. The Hall–Kier alpha value is -3.08. The first-order valence-electron chi connectivity index (χ1n) is 9.51. The highest BCUT2D eigenvalue weighted by Gasteiger charge is 2.32.